The van der Waals surface area contributed by atoms with Gasteiger partial charge in [-0.15, -0.1) is 0 Å². The van der Waals surface area contributed by atoms with Crippen molar-refractivity contribution in [2.75, 3.05) is 13.1 Å². The number of nitrogens with zero attached hydrogens (tertiary/aromatic N) is 3. The Morgan fingerprint density at radius 3 is 3.00 bits per heavy atom. The van der Waals surface area contributed by atoms with Gasteiger partial charge in [0.2, 0.25) is 11.8 Å². The van der Waals surface area contributed by atoms with E-state index in [4.69, 9.17) is 4.74 Å². The number of nitrogens with one attached hydrogen (secondary N) is 2. The summed E-state index contributed by atoms with van der Waals surface area (Å²) < 4.78 is 5.85. The van der Waals surface area contributed by atoms with E-state index < -0.39 is 5.97 Å². The molecule has 0 spiro atoms. The molecule has 9 heteroatoms. The summed E-state index contributed by atoms with van der Waals surface area (Å²) in [6, 6.07) is 6.78. The van der Waals surface area contributed by atoms with E-state index in [0.29, 0.717) is 35.6 Å². The normalized spacial score (nSPS) is 16.6. The number of carboxylic acid groups (broad SMARTS) is 1. The quantitative estimate of drug-likeness (QED) is 0.548. The molecule has 1 aromatic carbocycles. The zero-order valence-corrected chi connectivity index (χ0v) is 16.6. The van der Waals surface area contributed by atoms with Crippen LogP contribution < -0.4 is 10.1 Å². The number of rotatable bonds is 7. The number of carbonyl (C=O) groups is 2. The number of likely N-dealkylation sites (N-methyl/N-ethyl adjacent to an activating group) is 1. The zero-order valence-electron chi connectivity index (χ0n) is 16.6. The molecule has 9 nitrogen and oxygen atoms in total. The smallest absolute Gasteiger partial charge is 0.337 e. The second-order valence-corrected chi connectivity index (χ2v) is 7.19. The second kappa shape index (κ2) is 8.50. The van der Waals surface area contributed by atoms with Crippen molar-refractivity contribution in [3.8, 4) is 11.6 Å². The third-order valence-electron chi connectivity index (χ3n) is 5.19. The van der Waals surface area contributed by atoms with Crippen molar-refractivity contribution in [3.05, 3.63) is 48.0 Å². The molecule has 0 aliphatic carbocycles. The van der Waals surface area contributed by atoms with E-state index in [1.807, 2.05) is 6.92 Å². The van der Waals surface area contributed by atoms with Gasteiger partial charge >= 0.3 is 5.97 Å². The number of likely N-dealkylation sites (tertiary alicyclic amines) is 1. The summed E-state index contributed by atoms with van der Waals surface area (Å²) in [5.41, 5.74) is 1.66. The van der Waals surface area contributed by atoms with Gasteiger partial charge < -0.3 is 20.1 Å². The van der Waals surface area contributed by atoms with Crippen molar-refractivity contribution in [3.63, 3.8) is 0 Å². The number of aromatic nitrogens is 3. The van der Waals surface area contributed by atoms with Crippen LogP contribution >= 0.6 is 0 Å². The lowest BCUT2D eigenvalue weighted by atomic mass is 10.1. The highest BCUT2D eigenvalue weighted by molar-refractivity contribution is 6.03. The summed E-state index contributed by atoms with van der Waals surface area (Å²) in [4.78, 5) is 37.1. The van der Waals surface area contributed by atoms with Crippen LogP contribution in [0.3, 0.4) is 0 Å². The largest absolute Gasteiger partial charge is 0.478 e. The molecule has 1 fully saturated rings. The fourth-order valence-electron chi connectivity index (χ4n) is 3.79. The van der Waals surface area contributed by atoms with E-state index in [9.17, 15) is 14.7 Å². The van der Waals surface area contributed by atoms with Gasteiger partial charge in [0.05, 0.1) is 17.3 Å². The minimum atomic E-state index is -1.00. The number of hydrogen-bond acceptors (Lipinski definition) is 6. The van der Waals surface area contributed by atoms with E-state index in [-0.39, 0.29) is 17.5 Å². The molecule has 1 atom stereocenters. The molecule has 0 unspecified atom stereocenters. The second-order valence-electron chi connectivity index (χ2n) is 7.19. The van der Waals surface area contributed by atoms with Crippen molar-refractivity contribution >= 4 is 22.8 Å². The average molecular weight is 409 g/mol. The lowest BCUT2D eigenvalue weighted by Gasteiger charge is -2.23. The van der Waals surface area contributed by atoms with Gasteiger partial charge in [0.1, 0.15) is 12.1 Å². The summed E-state index contributed by atoms with van der Waals surface area (Å²) in [5, 5.41) is 12.8. The number of ether oxygens (including phenoxy) is 1. The molecule has 2 aromatic heterocycles. The molecule has 1 amide bonds. The highest BCUT2D eigenvalue weighted by atomic mass is 16.5. The van der Waals surface area contributed by atoms with Gasteiger partial charge in [0.15, 0.2) is 0 Å². The van der Waals surface area contributed by atoms with Crippen LogP contribution in [0.25, 0.3) is 10.9 Å². The van der Waals surface area contributed by atoms with Gasteiger partial charge in [-0.1, -0.05) is 0 Å². The SMILES string of the molecule is CCNC(=O)[C@@H]1CCCN1Cc1cc(Oc2ccc3[nH]cc(C(=O)O)c3c2)ncn1. The van der Waals surface area contributed by atoms with Gasteiger partial charge in [-0.25, -0.2) is 14.8 Å². The molecule has 1 aliphatic rings. The number of benzene rings is 1. The summed E-state index contributed by atoms with van der Waals surface area (Å²) in [6.07, 6.45) is 4.70. The number of fused-ring (bicyclic) bond motifs is 1. The Morgan fingerprint density at radius 2 is 2.20 bits per heavy atom. The highest BCUT2D eigenvalue weighted by Crippen LogP contribution is 2.27. The number of hydrogen-bond donors (Lipinski definition) is 3. The Hall–Kier alpha value is -3.46. The molecule has 4 rings (SSSR count). The Kier molecular flexibility index (Phi) is 5.62. The van der Waals surface area contributed by atoms with Crippen LogP contribution in [0.4, 0.5) is 0 Å². The number of carbonyl (C=O) groups excluding carboxylic acids is 1. The van der Waals surface area contributed by atoms with Gasteiger partial charge in [-0.3, -0.25) is 9.69 Å². The fraction of sp³-hybridized carbons (Fsp3) is 0.333. The average Bonchev–Trinajstić information content (AvgIpc) is 3.35. The molecule has 1 aliphatic heterocycles. The van der Waals surface area contributed by atoms with Crippen LogP contribution in [0.1, 0.15) is 35.8 Å². The molecular weight excluding hydrogens is 386 g/mol. The van der Waals surface area contributed by atoms with E-state index in [0.717, 1.165) is 25.1 Å². The molecule has 156 valence electrons. The maximum Gasteiger partial charge on any atom is 0.337 e. The lowest BCUT2D eigenvalue weighted by Crippen LogP contribution is -2.42. The summed E-state index contributed by atoms with van der Waals surface area (Å²) in [5.74, 6) is -0.110. The summed E-state index contributed by atoms with van der Waals surface area (Å²) in [6.45, 7) is 3.89. The predicted octanol–water partition coefficient (Wildman–Crippen LogP) is 2.55. The van der Waals surface area contributed by atoms with Crippen molar-refractivity contribution in [1.82, 2.24) is 25.2 Å². The molecular formula is C21H23N5O4. The lowest BCUT2D eigenvalue weighted by molar-refractivity contribution is -0.125. The summed E-state index contributed by atoms with van der Waals surface area (Å²) in [7, 11) is 0. The maximum atomic E-state index is 12.3. The maximum absolute atomic E-state index is 12.3. The van der Waals surface area contributed by atoms with Crippen LogP contribution in [0, 0.1) is 0 Å². The van der Waals surface area contributed by atoms with Crippen LogP contribution in [0.2, 0.25) is 0 Å². The summed E-state index contributed by atoms with van der Waals surface area (Å²) >= 11 is 0. The molecule has 0 saturated carbocycles. The first-order valence-electron chi connectivity index (χ1n) is 9.90. The number of H-pyrrole nitrogens is 1. The van der Waals surface area contributed by atoms with Crippen LogP contribution in [-0.4, -0.2) is 56.0 Å². The molecule has 3 heterocycles. The van der Waals surface area contributed by atoms with E-state index in [2.05, 4.69) is 25.2 Å². The van der Waals surface area contributed by atoms with Gasteiger partial charge in [-0.2, -0.15) is 0 Å². The van der Waals surface area contributed by atoms with Gasteiger partial charge in [-0.05, 0) is 44.5 Å². The van der Waals surface area contributed by atoms with Gasteiger partial charge in [0, 0.05) is 36.3 Å². The highest BCUT2D eigenvalue weighted by Gasteiger charge is 2.30. The van der Waals surface area contributed by atoms with Crippen molar-refractivity contribution in [1.29, 1.82) is 0 Å². The predicted molar refractivity (Wildman–Crippen MR) is 109 cm³/mol. The molecule has 1 saturated heterocycles. The van der Waals surface area contributed by atoms with Crippen molar-refractivity contribution < 1.29 is 19.4 Å². The Labute approximate surface area is 173 Å². The first-order valence-corrected chi connectivity index (χ1v) is 9.90. The third-order valence-corrected chi connectivity index (χ3v) is 5.19. The minimum Gasteiger partial charge on any atom is -0.478 e. The molecule has 0 bridgehead atoms. The Bertz CT molecular complexity index is 1080. The molecule has 3 N–H and O–H groups in total. The topological polar surface area (TPSA) is 120 Å². The van der Waals surface area contributed by atoms with Crippen LogP contribution in [0.5, 0.6) is 11.6 Å². The minimum absolute atomic E-state index is 0.0505. The van der Waals surface area contributed by atoms with Crippen LogP contribution in [-0.2, 0) is 11.3 Å². The van der Waals surface area contributed by atoms with Crippen molar-refractivity contribution in [2.45, 2.75) is 32.4 Å². The number of aromatic amines is 1. The Morgan fingerprint density at radius 1 is 1.33 bits per heavy atom. The first-order chi connectivity index (χ1) is 14.5. The Balaban J connectivity index is 1.50. The monoisotopic (exact) mass is 409 g/mol. The number of carboxylic acids is 1. The third kappa shape index (κ3) is 4.11. The first kappa shape index (κ1) is 19.8. The van der Waals surface area contributed by atoms with Crippen molar-refractivity contribution in [2.24, 2.45) is 0 Å². The van der Waals surface area contributed by atoms with E-state index >= 15 is 0 Å². The van der Waals surface area contributed by atoms with Crippen LogP contribution in [0.15, 0.2) is 36.8 Å². The molecule has 3 aromatic rings. The van der Waals surface area contributed by atoms with E-state index in [1.54, 1.807) is 24.3 Å². The number of aromatic carboxylic acids is 1. The number of amides is 1. The standard InChI is InChI=1S/C21H23N5O4/c1-2-22-20(27)18-4-3-7-26(18)11-13-8-19(25-12-24-13)30-14-5-6-17-15(9-14)16(10-23-17)21(28)29/h5-6,8-10,12,18,23H,2-4,7,11H2,1H3,(H,22,27)(H,28,29)/t18-/m0/s1. The zero-order chi connectivity index (χ0) is 21.1. The van der Waals surface area contributed by atoms with Gasteiger partial charge in [0.25, 0.3) is 0 Å². The molecule has 30 heavy (non-hydrogen) atoms. The molecule has 0 radical (unpaired) electrons. The fourth-order valence-corrected chi connectivity index (χ4v) is 3.79. The van der Waals surface area contributed by atoms with E-state index in [1.165, 1.54) is 12.5 Å².